The number of ether oxygens (including phenoxy) is 1. The van der Waals surface area contributed by atoms with Crippen molar-refractivity contribution in [3.63, 3.8) is 0 Å². The lowest BCUT2D eigenvalue weighted by atomic mass is 10.0. The summed E-state index contributed by atoms with van der Waals surface area (Å²) < 4.78 is 47.1. The Morgan fingerprint density at radius 2 is 1.94 bits per heavy atom. The summed E-state index contributed by atoms with van der Waals surface area (Å²) in [7, 11) is 0. The van der Waals surface area contributed by atoms with E-state index in [2.05, 4.69) is 30.6 Å². The molecule has 3 aromatic rings. The van der Waals surface area contributed by atoms with Crippen LogP contribution in [-0.4, -0.2) is 70.6 Å². The molecule has 182 valence electrons. The molecule has 4 heterocycles. The summed E-state index contributed by atoms with van der Waals surface area (Å²) in [5, 5.41) is 10.2. The Kier molecular flexibility index (Phi) is 6.22. The molecule has 35 heavy (non-hydrogen) atoms. The highest BCUT2D eigenvalue weighted by Gasteiger charge is 2.33. The van der Waals surface area contributed by atoms with E-state index in [1.807, 2.05) is 0 Å². The van der Waals surface area contributed by atoms with E-state index < -0.39 is 17.6 Å². The SMILES string of the molecule is O=C(NC1=CCN=C(CN2CCOCC2)N1)c1cnc2ccc(-c3ccccc3C(F)(F)F)nn12. The number of morpholine rings is 1. The summed E-state index contributed by atoms with van der Waals surface area (Å²) in [5.74, 6) is 0.700. The number of benzene rings is 1. The summed E-state index contributed by atoms with van der Waals surface area (Å²) in [4.78, 5) is 23.8. The molecule has 12 heteroatoms. The quantitative estimate of drug-likeness (QED) is 0.576. The first-order valence-electron chi connectivity index (χ1n) is 11.0. The predicted octanol–water partition coefficient (Wildman–Crippen LogP) is 2.32. The number of nitrogens with zero attached hydrogens (tertiary/aromatic N) is 5. The summed E-state index contributed by atoms with van der Waals surface area (Å²) >= 11 is 0. The van der Waals surface area contributed by atoms with Crippen LogP contribution in [0.25, 0.3) is 16.9 Å². The molecule has 9 nitrogen and oxygen atoms in total. The zero-order valence-electron chi connectivity index (χ0n) is 18.5. The lowest BCUT2D eigenvalue weighted by molar-refractivity contribution is -0.137. The largest absolute Gasteiger partial charge is 0.417 e. The van der Waals surface area contributed by atoms with Crippen LogP contribution in [0.1, 0.15) is 16.1 Å². The minimum absolute atomic E-state index is 0.0763. The first-order chi connectivity index (χ1) is 16.9. The van der Waals surface area contributed by atoms with Gasteiger partial charge in [0.25, 0.3) is 5.91 Å². The fourth-order valence-corrected chi connectivity index (χ4v) is 3.95. The lowest BCUT2D eigenvalue weighted by Gasteiger charge is -2.28. The molecule has 2 N–H and O–H groups in total. The van der Waals surface area contributed by atoms with Crippen molar-refractivity contribution in [1.29, 1.82) is 0 Å². The number of halogens is 3. The van der Waals surface area contributed by atoms with Gasteiger partial charge in [-0.3, -0.25) is 14.7 Å². The number of rotatable bonds is 5. The Bertz CT molecular complexity index is 1310. The molecule has 2 aromatic heterocycles. The van der Waals surface area contributed by atoms with Gasteiger partial charge in [0, 0.05) is 18.7 Å². The maximum absolute atomic E-state index is 13.5. The van der Waals surface area contributed by atoms with E-state index in [1.54, 1.807) is 6.08 Å². The van der Waals surface area contributed by atoms with Crippen LogP contribution in [0, 0.1) is 0 Å². The average Bonchev–Trinajstić information content (AvgIpc) is 3.28. The molecule has 0 radical (unpaired) electrons. The van der Waals surface area contributed by atoms with Crippen molar-refractivity contribution < 1.29 is 22.7 Å². The number of imidazole rings is 1. The lowest BCUT2D eigenvalue weighted by Crippen LogP contribution is -2.46. The van der Waals surface area contributed by atoms with Gasteiger partial charge in [0.1, 0.15) is 11.7 Å². The number of hydrogen-bond acceptors (Lipinski definition) is 7. The van der Waals surface area contributed by atoms with E-state index in [9.17, 15) is 18.0 Å². The van der Waals surface area contributed by atoms with Crippen LogP contribution in [0.2, 0.25) is 0 Å². The first-order valence-corrected chi connectivity index (χ1v) is 11.0. The monoisotopic (exact) mass is 485 g/mol. The van der Waals surface area contributed by atoms with Gasteiger partial charge in [-0.2, -0.15) is 18.3 Å². The molecule has 5 rings (SSSR count). The molecular weight excluding hydrogens is 463 g/mol. The molecule has 2 aliphatic heterocycles. The Morgan fingerprint density at radius 3 is 2.74 bits per heavy atom. The number of aromatic nitrogens is 3. The van der Waals surface area contributed by atoms with Crippen LogP contribution in [0.4, 0.5) is 13.2 Å². The van der Waals surface area contributed by atoms with Gasteiger partial charge in [-0.05, 0) is 24.3 Å². The second-order valence-electron chi connectivity index (χ2n) is 8.05. The third-order valence-electron chi connectivity index (χ3n) is 5.69. The van der Waals surface area contributed by atoms with Crippen LogP contribution in [-0.2, 0) is 10.9 Å². The zero-order valence-corrected chi connectivity index (χ0v) is 18.5. The average molecular weight is 485 g/mol. The molecular formula is C23H22F3N7O2. The second-order valence-corrected chi connectivity index (χ2v) is 8.05. The Hall–Kier alpha value is -3.77. The van der Waals surface area contributed by atoms with Crippen LogP contribution in [0.15, 0.2) is 59.5 Å². The van der Waals surface area contributed by atoms with E-state index in [4.69, 9.17) is 4.74 Å². The van der Waals surface area contributed by atoms with E-state index >= 15 is 0 Å². The highest BCUT2D eigenvalue weighted by atomic mass is 19.4. The molecule has 1 fully saturated rings. The molecule has 0 aliphatic carbocycles. The van der Waals surface area contributed by atoms with Crippen molar-refractivity contribution in [2.45, 2.75) is 6.18 Å². The van der Waals surface area contributed by atoms with E-state index in [-0.39, 0.29) is 17.0 Å². The van der Waals surface area contributed by atoms with Gasteiger partial charge in [-0.25, -0.2) is 9.50 Å². The summed E-state index contributed by atoms with van der Waals surface area (Å²) in [6.45, 7) is 3.97. The van der Waals surface area contributed by atoms with Crippen molar-refractivity contribution in [3.05, 3.63) is 65.7 Å². The van der Waals surface area contributed by atoms with Crippen LogP contribution in [0.3, 0.4) is 0 Å². The smallest absolute Gasteiger partial charge is 0.379 e. The number of nitrogens with one attached hydrogen (secondary N) is 2. The number of amidine groups is 1. The number of alkyl halides is 3. The highest BCUT2D eigenvalue weighted by Crippen LogP contribution is 2.36. The minimum atomic E-state index is -4.54. The van der Waals surface area contributed by atoms with Crippen LogP contribution < -0.4 is 10.6 Å². The molecule has 0 atom stereocenters. The predicted molar refractivity (Wildman–Crippen MR) is 122 cm³/mol. The summed E-state index contributed by atoms with van der Waals surface area (Å²) in [5.41, 5.74) is -0.383. The van der Waals surface area contributed by atoms with Gasteiger partial charge in [-0.1, -0.05) is 18.2 Å². The molecule has 1 amide bonds. The molecule has 2 aliphatic rings. The van der Waals surface area contributed by atoms with Crippen molar-refractivity contribution in [2.24, 2.45) is 4.99 Å². The van der Waals surface area contributed by atoms with Crippen molar-refractivity contribution in [1.82, 2.24) is 30.1 Å². The minimum Gasteiger partial charge on any atom is -0.379 e. The summed E-state index contributed by atoms with van der Waals surface area (Å²) in [6, 6.07) is 8.16. The maximum Gasteiger partial charge on any atom is 0.417 e. The fourth-order valence-electron chi connectivity index (χ4n) is 3.95. The standard InChI is InChI=1S/C23H22F3N7O2/c24-23(25,26)16-4-2-1-3-15(16)17-5-6-21-28-13-18(33(21)31-17)22(34)30-19-7-8-27-20(29-19)14-32-9-11-35-12-10-32/h1-7,13H,8-12,14H2,(H,27,29)(H,30,34). The number of hydrogen-bond donors (Lipinski definition) is 2. The highest BCUT2D eigenvalue weighted by molar-refractivity contribution is 5.95. The third kappa shape index (κ3) is 5.03. The molecule has 0 unspecified atom stereocenters. The van der Waals surface area contributed by atoms with Gasteiger partial charge in [0.05, 0.1) is 43.8 Å². The van der Waals surface area contributed by atoms with E-state index in [1.165, 1.54) is 41.0 Å². The number of carbonyl (C=O) groups is 1. The Balaban J connectivity index is 1.34. The third-order valence-corrected chi connectivity index (χ3v) is 5.69. The van der Waals surface area contributed by atoms with E-state index in [0.29, 0.717) is 37.8 Å². The van der Waals surface area contributed by atoms with Gasteiger partial charge >= 0.3 is 6.18 Å². The molecule has 1 aromatic carbocycles. The van der Waals surface area contributed by atoms with Crippen LogP contribution in [0.5, 0.6) is 0 Å². The van der Waals surface area contributed by atoms with Crippen molar-refractivity contribution >= 4 is 17.4 Å². The van der Waals surface area contributed by atoms with Crippen LogP contribution >= 0.6 is 0 Å². The van der Waals surface area contributed by atoms with Gasteiger partial charge < -0.3 is 15.4 Å². The van der Waals surface area contributed by atoms with Gasteiger partial charge in [0.15, 0.2) is 11.3 Å². The number of fused-ring (bicyclic) bond motifs is 1. The second kappa shape index (κ2) is 9.47. The maximum atomic E-state index is 13.5. The first kappa shape index (κ1) is 23.0. The van der Waals surface area contributed by atoms with Gasteiger partial charge in [0.2, 0.25) is 0 Å². The Morgan fingerprint density at radius 1 is 1.14 bits per heavy atom. The van der Waals surface area contributed by atoms with Crippen molar-refractivity contribution in [2.75, 3.05) is 39.4 Å². The van der Waals surface area contributed by atoms with Crippen molar-refractivity contribution in [3.8, 4) is 11.3 Å². The fraction of sp³-hybridized carbons (Fsp3) is 0.304. The zero-order chi connectivity index (χ0) is 24.4. The number of aliphatic imine (C=N–C) groups is 1. The normalized spacial score (nSPS) is 17.0. The molecule has 0 spiro atoms. The molecule has 1 saturated heterocycles. The Labute approximate surface area is 198 Å². The number of amides is 1. The summed E-state index contributed by atoms with van der Waals surface area (Å²) in [6.07, 6.45) is -1.46. The number of carbonyl (C=O) groups excluding carboxylic acids is 1. The molecule has 0 bridgehead atoms. The topological polar surface area (TPSA) is 96.2 Å². The van der Waals surface area contributed by atoms with E-state index in [0.717, 1.165) is 25.0 Å². The molecule has 0 saturated carbocycles. The van der Waals surface area contributed by atoms with Gasteiger partial charge in [-0.15, -0.1) is 0 Å².